The maximum Gasteiger partial charge on any atom is 0.514 e. The summed E-state index contributed by atoms with van der Waals surface area (Å²) in [6.07, 6.45) is -1.15. The number of amides is 1. The van der Waals surface area contributed by atoms with E-state index in [1.165, 1.54) is 6.92 Å². The second kappa shape index (κ2) is 13.4. The molecule has 0 radical (unpaired) electrons. The number of aliphatic hydroxyl groups is 1. The van der Waals surface area contributed by atoms with Gasteiger partial charge in [0.1, 0.15) is 23.0 Å². The fraction of sp³-hybridized carbons (Fsp3) is 0.538. The number of alkyl carbamates (subject to hydrolysis) is 1. The number of ether oxygens (including phenoxy) is 6. The van der Waals surface area contributed by atoms with Crippen molar-refractivity contribution in [2.75, 3.05) is 13.6 Å². The van der Waals surface area contributed by atoms with Gasteiger partial charge in [-0.05, 0) is 98.2 Å². The summed E-state index contributed by atoms with van der Waals surface area (Å²) in [6.45, 7) is 12.3. The summed E-state index contributed by atoms with van der Waals surface area (Å²) in [5, 5.41) is 15.1. The van der Waals surface area contributed by atoms with Gasteiger partial charge >= 0.3 is 24.2 Å². The van der Waals surface area contributed by atoms with Crippen LogP contribution in [-0.2, 0) is 46.8 Å². The van der Waals surface area contributed by atoms with Crippen molar-refractivity contribution in [2.45, 2.75) is 121 Å². The monoisotopic (exact) mass is 720 g/mol. The maximum absolute atomic E-state index is 13.6. The van der Waals surface area contributed by atoms with Crippen LogP contribution >= 0.6 is 0 Å². The lowest BCUT2D eigenvalue weighted by atomic mass is 9.50. The molecule has 2 aliphatic heterocycles. The molecule has 2 aromatic carbocycles. The molecule has 0 aromatic heterocycles. The molecule has 13 nitrogen and oxygen atoms in total. The lowest BCUT2D eigenvalue weighted by molar-refractivity contribution is -0.176. The molecular formula is C39H48N2O11. The van der Waals surface area contributed by atoms with Gasteiger partial charge in [0.25, 0.3) is 0 Å². The van der Waals surface area contributed by atoms with Crippen molar-refractivity contribution in [1.82, 2.24) is 10.2 Å². The van der Waals surface area contributed by atoms with Crippen LogP contribution in [0.2, 0.25) is 0 Å². The molecule has 13 heteroatoms. The van der Waals surface area contributed by atoms with Crippen LogP contribution in [0.5, 0.6) is 11.5 Å². The first kappa shape index (κ1) is 37.1. The van der Waals surface area contributed by atoms with E-state index in [0.29, 0.717) is 19.4 Å². The summed E-state index contributed by atoms with van der Waals surface area (Å²) < 4.78 is 34.5. The number of nitrogens with one attached hydrogen (secondary N) is 1. The number of hydrogen-bond donors (Lipinski definition) is 2. The van der Waals surface area contributed by atoms with Gasteiger partial charge in [0.2, 0.25) is 0 Å². The minimum absolute atomic E-state index is 0.0900. The Morgan fingerprint density at radius 3 is 2.35 bits per heavy atom. The van der Waals surface area contributed by atoms with Gasteiger partial charge in [0, 0.05) is 24.4 Å². The molecule has 2 aromatic rings. The van der Waals surface area contributed by atoms with Crippen LogP contribution in [0.15, 0.2) is 54.3 Å². The molecule has 2 bridgehead atoms. The van der Waals surface area contributed by atoms with Gasteiger partial charge in [-0.15, -0.1) is 0 Å². The molecule has 6 rings (SSSR count). The van der Waals surface area contributed by atoms with Crippen LogP contribution in [0.4, 0.5) is 9.59 Å². The fourth-order valence-corrected chi connectivity index (χ4v) is 7.86. The number of likely N-dealkylation sites (tertiary alicyclic amines) is 1. The number of esters is 2. The Bertz CT molecular complexity index is 1780. The van der Waals surface area contributed by atoms with E-state index in [1.807, 2.05) is 31.3 Å². The Hall–Kier alpha value is -4.62. The number of hydrogen-bond acceptors (Lipinski definition) is 12. The summed E-state index contributed by atoms with van der Waals surface area (Å²) in [7, 11) is 1.98. The molecule has 2 heterocycles. The van der Waals surface area contributed by atoms with Crippen molar-refractivity contribution in [1.29, 1.82) is 0 Å². The number of rotatable bonds is 8. The largest absolute Gasteiger partial charge is 0.514 e. The molecule has 4 aliphatic rings. The van der Waals surface area contributed by atoms with E-state index in [2.05, 4.69) is 10.2 Å². The summed E-state index contributed by atoms with van der Waals surface area (Å²) in [6, 6.07) is 11.2. The highest BCUT2D eigenvalue weighted by atomic mass is 16.7. The first-order valence-electron chi connectivity index (χ1n) is 17.6. The van der Waals surface area contributed by atoms with E-state index in [-0.39, 0.29) is 36.1 Å². The molecule has 1 amide bonds. The van der Waals surface area contributed by atoms with E-state index in [1.54, 1.807) is 65.8 Å². The van der Waals surface area contributed by atoms with Crippen LogP contribution < -0.4 is 14.8 Å². The normalized spacial score (nSPS) is 25.7. The van der Waals surface area contributed by atoms with Crippen molar-refractivity contribution in [2.24, 2.45) is 0 Å². The molecular weight excluding hydrogens is 672 g/mol. The third kappa shape index (κ3) is 6.95. The molecule has 1 spiro atoms. The Morgan fingerprint density at radius 2 is 1.67 bits per heavy atom. The fourth-order valence-electron chi connectivity index (χ4n) is 7.86. The third-order valence-corrected chi connectivity index (χ3v) is 10.0. The van der Waals surface area contributed by atoms with Crippen molar-refractivity contribution in [3.8, 4) is 11.5 Å². The van der Waals surface area contributed by atoms with Crippen molar-refractivity contribution < 1.29 is 52.7 Å². The summed E-state index contributed by atoms with van der Waals surface area (Å²) in [5.74, 6) is -1.15. The van der Waals surface area contributed by atoms with E-state index >= 15 is 0 Å². The first-order valence-corrected chi connectivity index (χ1v) is 17.6. The second-order valence-electron chi connectivity index (χ2n) is 16.0. The second-order valence-corrected chi connectivity index (χ2v) is 16.0. The van der Waals surface area contributed by atoms with Gasteiger partial charge in [0.15, 0.2) is 23.7 Å². The Kier molecular flexibility index (Phi) is 9.58. The summed E-state index contributed by atoms with van der Waals surface area (Å²) >= 11 is 0. The summed E-state index contributed by atoms with van der Waals surface area (Å²) in [5.41, 5.74) is -1.50. The van der Waals surface area contributed by atoms with Crippen LogP contribution in [0.1, 0.15) is 78.0 Å². The molecule has 0 saturated carbocycles. The zero-order valence-corrected chi connectivity index (χ0v) is 30.9. The number of likely N-dealkylation sites (N-methyl/N-ethyl adjacent to an activating group) is 1. The molecule has 2 unspecified atom stereocenters. The van der Waals surface area contributed by atoms with Gasteiger partial charge in [-0.25, -0.2) is 19.2 Å². The Balaban J connectivity index is 1.24. The van der Waals surface area contributed by atoms with Gasteiger partial charge < -0.3 is 43.7 Å². The minimum atomic E-state index is -1.38. The first-order chi connectivity index (χ1) is 24.3. The quantitative estimate of drug-likeness (QED) is 0.216. The van der Waals surface area contributed by atoms with Crippen LogP contribution in [0.3, 0.4) is 0 Å². The number of carbonyl (C=O) groups excluding carboxylic acids is 4. The van der Waals surface area contributed by atoms with Crippen LogP contribution in [-0.4, -0.2) is 88.9 Å². The highest BCUT2D eigenvalue weighted by molar-refractivity contribution is 5.85. The lowest BCUT2D eigenvalue weighted by Gasteiger charge is -2.61. The van der Waals surface area contributed by atoms with Crippen molar-refractivity contribution >= 4 is 24.2 Å². The lowest BCUT2D eigenvalue weighted by Crippen LogP contribution is -2.74. The molecule has 280 valence electrons. The predicted octanol–water partition coefficient (Wildman–Crippen LogP) is 4.89. The molecule has 1 fully saturated rings. The Labute approximate surface area is 303 Å². The van der Waals surface area contributed by atoms with E-state index in [4.69, 9.17) is 28.4 Å². The molecule has 6 atom stereocenters. The van der Waals surface area contributed by atoms with Gasteiger partial charge in [-0.2, -0.15) is 0 Å². The smallest absolute Gasteiger partial charge is 0.477 e. The third-order valence-electron chi connectivity index (χ3n) is 10.0. The van der Waals surface area contributed by atoms with E-state index in [9.17, 15) is 24.3 Å². The highest BCUT2D eigenvalue weighted by Gasteiger charge is 2.72. The topological polar surface area (TPSA) is 159 Å². The predicted molar refractivity (Wildman–Crippen MR) is 187 cm³/mol. The van der Waals surface area contributed by atoms with Crippen LogP contribution in [0.25, 0.3) is 0 Å². The zero-order valence-electron chi connectivity index (χ0n) is 30.9. The number of carbonyl (C=O) groups is 4. The molecule has 2 aliphatic carbocycles. The van der Waals surface area contributed by atoms with Crippen molar-refractivity contribution in [3.05, 3.63) is 71.0 Å². The number of benzene rings is 2. The maximum atomic E-state index is 13.6. The summed E-state index contributed by atoms with van der Waals surface area (Å²) in [4.78, 5) is 54.7. The van der Waals surface area contributed by atoms with Gasteiger partial charge in [-0.3, -0.25) is 0 Å². The van der Waals surface area contributed by atoms with E-state index < -0.39 is 64.7 Å². The van der Waals surface area contributed by atoms with Gasteiger partial charge in [0.05, 0.1) is 11.0 Å². The van der Waals surface area contributed by atoms with Gasteiger partial charge in [-0.1, -0.05) is 36.4 Å². The Morgan fingerprint density at radius 1 is 0.981 bits per heavy atom. The highest BCUT2D eigenvalue weighted by Crippen LogP contribution is 2.65. The number of nitrogens with zero attached hydrogens (tertiary/aromatic N) is 1. The minimum Gasteiger partial charge on any atom is -0.477 e. The molecule has 52 heavy (non-hydrogen) atoms. The number of piperidine rings is 1. The average Bonchev–Trinajstić information content (AvgIpc) is 3.39. The standard InChI is InChI=1S/C39H48N2O11/c1-22(47-33(43)25(20-23-12-10-9-11-13-23)40-34(44)51-36(2,3)4)32(42)48-27-16-17-39(46)28-21-24-14-15-26(49-35(45)52-37(5,6)7)30-29(24)38(39,31(27)50-30)18-19-41(28)8/h9-16,22,25,28,31,46H,17-21H2,1-8H3,(H,40,44)/t22?,25?,28-,31+,38+,39-/m1/s1. The zero-order chi connectivity index (χ0) is 37.8. The van der Waals surface area contributed by atoms with Crippen LogP contribution in [0, 0.1) is 0 Å². The van der Waals surface area contributed by atoms with E-state index in [0.717, 1.165) is 16.7 Å². The SMILES string of the molecule is CC(OC(=O)C(Cc1ccccc1)NC(=O)OC(C)(C)C)C(=O)OC1=CC[C@@]2(O)[C@H]3Cc4ccc(OC(=O)OC(C)(C)C)c5c4[C@@]2(CCN3C)[C@H]1O5. The molecule has 1 saturated heterocycles. The van der Waals surface area contributed by atoms with Crippen molar-refractivity contribution in [3.63, 3.8) is 0 Å². The average molecular weight is 721 g/mol. The molecule has 2 N–H and O–H groups in total.